The van der Waals surface area contributed by atoms with Crippen LogP contribution in [0.4, 0.5) is 5.69 Å². The van der Waals surface area contributed by atoms with Crippen molar-refractivity contribution < 1.29 is 0 Å². The van der Waals surface area contributed by atoms with E-state index in [-0.39, 0.29) is 16.6 Å². The summed E-state index contributed by atoms with van der Waals surface area (Å²) >= 11 is 6.20. The third-order valence-corrected chi connectivity index (χ3v) is 4.63. The lowest BCUT2D eigenvalue weighted by Crippen LogP contribution is -2.43. The molecule has 2 atom stereocenters. The van der Waals surface area contributed by atoms with Crippen molar-refractivity contribution in [3.05, 3.63) is 21.6 Å². The molecular formula is C14H21ClN4O. The first-order valence-electron chi connectivity index (χ1n) is 7.34. The molecule has 3 rings (SSSR count). The minimum absolute atomic E-state index is 0.0174. The number of aromatic nitrogens is 2. The van der Waals surface area contributed by atoms with E-state index in [0.717, 1.165) is 12.8 Å². The first-order chi connectivity index (χ1) is 9.54. The van der Waals surface area contributed by atoms with Gasteiger partial charge in [0, 0.05) is 18.1 Å². The zero-order chi connectivity index (χ0) is 14.3. The van der Waals surface area contributed by atoms with Crippen molar-refractivity contribution in [3.8, 4) is 0 Å². The van der Waals surface area contributed by atoms with Crippen LogP contribution in [0.1, 0.15) is 45.6 Å². The summed E-state index contributed by atoms with van der Waals surface area (Å²) in [4.78, 5) is 12.1. The molecule has 0 aliphatic carbocycles. The summed E-state index contributed by atoms with van der Waals surface area (Å²) in [7, 11) is 0. The highest BCUT2D eigenvalue weighted by atomic mass is 35.5. The molecule has 2 N–H and O–H groups in total. The predicted octanol–water partition coefficient (Wildman–Crippen LogP) is 2.17. The third-order valence-electron chi connectivity index (χ3n) is 4.27. The fourth-order valence-electron chi connectivity index (χ4n) is 3.31. The minimum Gasteiger partial charge on any atom is -0.380 e. The molecule has 1 aromatic rings. The van der Waals surface area contributed by atoms with E-state index in [4.69, 9.17) is 11.6 Å². The largest absolute Gasteiger partial charge is 0.380 e. The molecule has 2 aliphatic rings. The highest BCUT2D eigenvalue weighted by molar-refractivity contribution is 6.32. The van der Waals surface area contributed by atoms with E-state index in [9.17, 15) is 4.79 Å². The second-order valence-corrected chi connectivity index (χ2v) is 6.54. The Morgan fingerprint density at radius 2 is 2.05 bits per heavy atom. The number of nitrogens with one attached hydrogen (secondary N) is 2. The Labute approximate surface area is 123 Å². The molecule has 20 heavy (non-hydrogen) atoms. The van der Waals surface area contributed by atoms with Crippen LogP contribution in [-0.4, -0.2) is 27.9 Å². The Bertz CT molecular complexity index is 545. The van der Waals surface area contributed by atoms with Crippen molar-refractivity contribution in [2.24, 2.45) is 0 Å². The van der Waals surface area contributed by atoms with E-state index in [1.165, 1.54) is 17.5 Å². The topological polar surface area (TPSA) is 59.0 Å². The zero-order valence-corrected chi connectivity index (χ0v) is 12.7. The Morgan fingerprint density at radius 1 is 1.40 bits per heavy atom. The Morgan fingerprint density at radius 3 is 2.65 bits per heavy atom. The van der Waals surface area contributed by atoms with Crippen LogP contribution in [-0.2, 0) is 0 Å². The molecule has 2 fully saturated rings. The molecule has 0 saturated carbocycles. The van der Waals surface area contributed by atoms with Gasteiger partial charge in [-0.25, -0.2) is 4.68 Å². The molecule has 3 heterocycles. The highest BCUT2D eigenvalue weighted by Crippen LogP contribution is 2.29. The van der Waals surface area contributed by atoms with Gasteiger partial charge in [0.15, 0.2) is 0 Å². The van der Waals surface area contributed by atoms with E-state index in [1.54, 1.807) is 6.20 Å². The summed E-state index contributed by atoms with van der Waals surface area (Å²) in [6.45, 7) is 3.84. The minimum atomic E-state index is -0.219. The maximum absolute atomic E-state index is 12.1. The molecule has 110 valence electrons. The number of hydrogen-bond donors (Lipinski definition) is 2. The van der Waals surface area contributed by atoms with E-state index in [0.29, 0.717) is 23.8 Å². The summed E-state index contributed by atoms with van der Waals surface area (Å²) < 4.78 is 1.42. The quantitative estimate of drug-likeness (QED) is 0.897. The van der Waals surface area contributed by atoms with Gasteiger partial charge in [-0.05, 0) is 39.5 Å². The van der Waals surface area contributed by atoms with Crippen LogP contribution in [0.25, 0.3) is 0 Å². The molecule has 1 aromatic heterocycles. The summed E-state index contributed by atoms with van der Waals surface area (Å²) in [6, 6.07) is 1.61. The van der Waals surface area contributed by atoms with Gasteiger partial charge in [0.05, 0.1) is 17.9 Å². The van der Waals surface area contributed by atoms with Crippen molar-refractivity contribution >= 4 is 17.3 Å². The zero-order valence-electron chi connectivity index (χ0n) is 11.9. The SMILES string of the molecule is CC(C)n1ncc(NC2CC3CCC(C2)N3)c(Cl)c1=O. The van der Waals surface area contributed by atoms with Crippen LogP contribution in [0, 0.1) is 0 Å². The third kappa shape index (κ3) is 2.56. The summed E-state index contributed by atoms with van der Waals surface area (Å²) in [5.41, 5.74) is 0.448. The molecule has 2 aliphatic heterocycles. The van der Waals surface area contributed by atoms with Gasteiger partial charge >= 0.3 is 0 Å². The molecule has 5 nitrogen and oxygen atoms in total. The number of piperidine rings is 1. The van der Waals surface area contributed by atoms with Gasteiger partial charge in [-0.3, -0.25) is 4.79 Å². The van der Waals surface area contributed by atoms with Crippen LogP contribution >= 0.6 is 11.6 Å². The van der Waals surface area contributed by atoms with E-state index >= 15 is 0 Å². The van der Waals surface area contributed by atoms with E-state index in [1.807, 2.05) is 13.8 Å². The van der Waals surface area contributed by atoms with Crippen molar-refractivity contribution in [2.75, 3.05) is 5.32 Å². The molecule has 0 spiro atoms. The second kappa shape index (κ2) is 5.37. The maximum atomic E-state index is 12.1. The van der Waals surface area contributed by atoms with Gasteiger partial charge in [-0.15, -0.1) is 0 Å². The number of rotatable bonds is 3. The van der Waals surface area contributed by atoms with Gasteiger partial charge in [-0.1, -0.05) is 11.6 Å². The van der Waals surface area contributed by atoms with E-state index in [2.05, 4.69) is 15.7 Å². The Hall–Kier alpha value is -1.07. The molecular weight excluding hydrogens is 276 g/mol. The van der Waals surface area contributed by atoms with Crippen molar-refractivity contribution in [3.63, 3.8) is 0 Å². The summed E-state index contributed by atoms with van der Waals surface area (Å²) in [6.07, 6.45) is 6.35. The number of hydrogen-bond acceptors (Lipinski definition) is 4. The average Bonchev–Trinajstić information content (AvgIpc) is 2.74. The van der Waals surface area contributed by atoms with Gasteiger partial charge in [-0.2, -0.15) is 5.10 Å². The number of nitrogens with zero attached hydrogens (tertiary/aromatic N) is 2. The van der Waals surface area contributed by atoms with Gasteiger partial charge in [0.25, 0.3) is 5.56 Å². The fourth-order valence-corrected chi connectivity index (χ4v) is 3.50. The lowest BCUT2D eigenvalue weighted by atomic mass is 10.00. The average molecular weight is 297 g/mol. The second-order valence-electron chi connectivity index (χ2n) is 6.17. The monoisotopic (exact) mass is 296 g/mol. The highest BCUT2D eigenvalue weighted by Gasteiger charge is 2.33. The standard InChI is InChI=1S/C14H21ClN4O/c1-8(2)19-14(20)13(15)12(7-16-19)18-11-5-9-3-4-10(6-11)17-9/h7-11,17-18H,3-6H2,1-2H3. The van der Waals surface area contributed by atoms with Crippen LogP contribution in [0.2, 0.25) is 5.02 Å². The molecule has 0 radical (unpaired) electrons. The molecule has 2 saturated heterocycles. The maximum Gasteiger partial charge on any atom is 0.287 e. The molecule has 0 aromatic carbocycles. The van der Waals surface area contributed by atoms with Crippen molar-refractivity contribution in [2.45, 2.75) is 63.7 Å². The van der Waals surface area contributed by atoms with Crippen molar-refractivity contribution in [1.82, 2.24) is 15.1 Å². The Balaban J connectivity index is 1.78. The number of anilines is 1. The van der Waals surface area contributed by atoms with Crippen LogP contribution in [0.3, 0.4) is 0 Å². The molecule has 0 amide bonds. The van der Waals surface area contributed by atoms with E-state index < -0.39 is 0 Å². The number of fused-ring (bicyclic) bond motifs is 2. The molecule has 2 unspecified atom stereocenters. The molecule has 2 bridgehead atoms. The van der Waals surface area contributed by atoms with Crippen molar-refractivity contribution in [1.29, 1.82) is 0 Å². The Kier molecular flexibility index (Phi) is 3.73. The van der Waals surface area contributed by atoms with Crippen LogP contribution < -0.4 is 16.2 Å². The van der Waals surface area contributed by atoms with Gasteiger partial charge in [0.2, 0.25) is 0 Å². The molecule has 6 heteroatoms. The van der Waals surface area contributed by atoms with Crippen LogP contribution in [0.15, 0.2) is 11.0 Å². The summed E-state index contributed by atoms with van der Waals surface area (Å²) in [5.74, 6) is 0. The predicted molar refractivity (Wildman–Crippen MR) is 80.5 cm³/mol. The van der Waals surface area contributed by atoms with Crippen LogP contribution in [0.5, 0.6) is 0 Å². The normalized spacial score (nSPS) is 28.9. The first-order valence-corrected chi connectivity index (χ1v) is 7.72. The van der Waals surface area contributed by atoms with Gasteiger partial charge in [0.1, 0.15) is 5.02 Å². The lowest BCUT2D eigenvalue weighted by Gasteiger charge is -2.30. The number of halogens is 1. The van der Waals surface area contributed by atoms with Gasteiger partial charge < -0.3 is 10.6 Å². The summed E-state index contributed by atoms with van der Waals surface area (Å²) in [5, 5.41) is 11.5. The smallest absolute Gasteiger partial charge is 0.287 e. The first kappa shape index (κ1) is 13.9. The lowest BCUT2D eigenvalue weighted by molar-refractivity contribution is 0.378. The fraction of sp³-hybridized carbons (Fsp3) is 0.714.